The van der Waals surface area contributed by atoms with Crippen LogP contribution >= 0.6 is 11.8 Å². The highest BCUT2D eigenvalue weighted by atomic mass is 32.2. The monoisotopic (exact) mass is 600 g/mol. The van der Waals surface area contributed by atoms with Gasteiger partial charge < -0.3 is 19.7 Å². The Morgan fingerprint density at radius 2 is 1.00 bits per heavy atom. The molecule has 0 saturated heterocycles. The van der Waals surface area contributed by atoms with Gasteiger partial charge in [-0.2, -0.15) is 11.8 Å². The van der Waals surface area contributed by atoms with Gasteiger partial charge in [-0.1, -0.05) is 86.6 Å². The van der Waals surface area contributed by atoms with E-state index in [4.69, 9.17) is 9.47 Å². The third-order valence-electron chi connectivity index (χ3n) is 7.17. The zero-order valence-electron chi connectivity index (χ0n) is 27.4. The van der Waals surface area contributed by atoms with Crippen LogP contribution in [0.4, 0.5) is 0 Å². The Kier molecular flexibility index (Phi) is 12.4. The first-order valence-corrected chi connectivity index (χ1v) is 16.0. The molecule has 0 bridgehead atoms. The number of carbonyl (C=O) groups is 2. The van der Waals surface area contributed by atoms with Crippen molar-refractivity contribution in [2.75, 3.05) is 24.7 Å². The van der Waals surface area contributed by atoms with Gasteiger partial charge in [0.05, 0.1) is 0 Å². The highest BCUT2D eigenvalue weighted by Gasteiger charge is 2.26. The van der Waals surface area contributed by atoms with Crippen molar-refractivity contribution >= 4 is 23.7 Å². The highest BCUT2D eigenvalue weighted by molar-refractivity contribution is 7.99. The molecule has 2 aromatic rings. The van der Waals surface area contributed by atoms with Gasteiger partial charge in [0.1, 0.15) is 24.7 Å². The molecule has 0 heterocycles. The SMILES string of the molecule is Cc1cc(CCC(=O)OCCSCCOC(=O)CCc2cc(C(C)(C)C)c(O)c(C(C)(C)C)c2)cc(C(C)(C)C)c1O. The number of ether oxygens (including phenoxy) is 2. The molecule has 42 heavy (non-hydrogen) atoms. The van der Waals surface area contributed by atoms with Crippen LogP contribution in [0.15, 0.2) is 24.3 Å². The first-order valence-electron chi connectivity index (χ1n) is 14.9. The second-order valence-corrected chi connectivity index (χ2v) is 15.4. The number of aromatic hydroxyl groups is 2. The number of hydrogen-bond acceptors (Lipinski definition) is 7. The first kappa shape index (κ1) is 35.5. The van der Waals surface area contributed by atoms with Crippen molar-refractivity contribution in [3.63, 3.8) is 0 Å². The molecule has 6 nitrogen and oxygen atoms in total. The summed E-state index contributed by atoms with van der Waals surface area (Å²) in [6.07, 6.45) is 1.67. The molecule has 0 fully saturated rings. The summed E-state index contributed by atoms with van der Waals surface area (Å²) in [5.41, 5.74) is 4.89. The molecule has 0 radical (unpaired) electrons. The minimum Gasteiger partial charge on any atom is -0.507 e. The molecule has 234 valence electrons. The van der Waals surface area contributed by atoms with Gasteiger partial charge in [-0.25, -0.2) is 0 Å². The lowest BCUT2D eigenvalue weighted by atomic mass is 9.78. The number of thioether (sulfide) groups is 1. The van der Waals surface area contributed by atoms with Crippen LogP contribution in [0, 0.1) is 6.92 Å². The third-order valence-corrected chi connectivity index (χ3v) is 8.08. The Bertz CT molecular complexity index is 1190. The van der Waals surface area contributed by atoms with Gasteiger partial charge in [0.25, 0.3) is 0 Å². The summed E-state index contributed by atoms with van der Waals surface area (Å²) in [6, 6.07) is 7.91. The van der Waals surface area contributed by atoms with Crippen LogP contribution in [-0.4, -0.2) is 46.9 Å². The van der Waals surface area contributed by atoms with Gasteiger partial charge >= 0.3 is 11.9 Å². The average Bonchev–Trinajstić information content (AvgIpc) is 2.85. The van der Waals surface area contributed by atoms with Crippen LogP contribution in [0.2, 0.25) is 0 Å². The van der Waals surface area contributed by atoms with Crippen molar-refractivity contribution in [1.82, 2.24) is 0 Å². The number of esters is 2. The number of hydrogen-bond donors (Lipinski definition) is 2. The lowest BCUT2D eigenvalue weighted by Crippen LogP contribution is -2.18. The number of phenolic OH excluding ortho intramolecular Hbond substituents is 2. The third kappa shape index (κ3) is 10.9. The number of benzene rings is 2. The highest BCUT2D eigenvalue weighted by Crippen LogP contribution is 2.40. The topological polar surface area (TPSA) is 93.1 Å². The quantitative estimate of drug-likeness (QED) is 0.191. The van der Waals surface area contributed by atoms with Crippen molar-refractivity contribution < 1.29 is 29.3 Å². The van der Waals surface area contributed by atoms with Crippen LogP contribution in [0.3, 0.4) is 0 Å². The van der Waals surface area contributed by atoms with E-state index >= 15 is 0 Å². The molecule has 0 spiro atoms. The smallest absolute Gasteiger partial charge is 0.306 e. The Morgan fingerprint density at radius 1 is 0.643 bits per heavy atom. The summed E-state index contributed by atoms with van der Waals surface area (Å²) in [5.74, 6) is 1.43. The minimum atomic E-state index is -0.247. The molecule has 2 N–H and O–H groups in total. The lowest BCUT2D eigenvalue weighted by Gasteiger charge is -2.28. The molecular formula is C35H52O6S. The average molecular weight is 601 g/mol. The van der Waals surface area contributed by atoms with E-state index in [0.717, 1.165) is 33.4 Å². The second kappa shape index (κ2) is 14.7. The molecule has 0 amide bonds. The van der Waals surface area contributed by atoms with Gasteiger partial charge in [-0.15, -0.1) is 0 Å². The molecule has 0 aromatic heterocycles. The summed E-state index contributed by atoms with van der Waals surface area (Å²) >= 11 is 1.58. The maximum absolute atomic E-state index is 12.4. The Balaban J connectivity index is 1.70. The largest absolute Gasteiger partial charge is 0.507 e. The number of aryl methyl sites for hydroxylation is 3. The van der Waals surface area contributed by atoms with E-state index < -0.39 is 0 Å². The first-order chi connectivity index (χ1) is 19.3. The van der Waals surface area contributed by atoms with E-state index in [0.29, 0.717) is 49.1 Å². The number of rotatable bonds is 12. The fourth-order valence-corrected chi connectivity index (χ4v) is 5.33. The molecule has 2 aromatic carbocycles. The van der Waals surface area contributed by atoms with E-state index in [1.807, 2.05) is 31.2 Å². The van der Waals surface area contributed by atoms with Gasteiger partial charge in [-0.3, -0.25) is 9.59 Å². The van der Waals surface area contributed by atoms with Gasteiger partial charge in [0.15, 0.2) is 0 Å². The van der Waals surface area contributed by atoms with Crippen LogP contribution in [0.1, 0.15) is 109 Å². The van der Waals surface area contributed by atoms with E-state index in [2.05, 4.69) is 62.3 Å². The summed E-state index contributed by atoms with van der Waals surface area (Å²) in [6.45, 7) is 21.1. The number of phenols is 2. The predicted octanol–water partition coefficient (Wildman–Crippen LogP) is 7.68. The minimum absolute atomic E-state index is 0.185. The van der Waals surface area contributed by atoms with Crippen molar-refractivity contribution in [1.29, 1.82) is 0 Å². The van der Waals surface area contributed by atoms with E-state index in [9.17, 15) is 19.8 Å². The van der Waals surface area contributed by atoms with Crippen LogP contribution in [-0.2, 0) is 48.1 Å². The van der Waals surface area contributed by atoms with Crippen LogP contribution in [0.5, 0.6) is 11.5 Å². The van der Waals surface area contributed by atoms with E-state index in [-0.39, 0.29) is 41.0 Å². The van der Waals surface area contributed by atoms with Gasteiger partial charge in [0.2, 0.25) is 0 Å². The molecule has 7 heteroatoms. The zero-order valence-corrected chi connectivity index (χ0v) is 28.2. The van der Waals surface area contributed by atoms with Gasteiger partial charge in [-0.05, 0) is 69.4 Å². The summed E-state index contributed by atoms with van der Waals surface area (Å²) in [7, 11) is 0. The fourth-order valence-electron chi connectivity index (χ4n) is 4.72. The van der Waals surface area contributed by atoms with Crippen LogP contribution < -0.4 is 0 Å². The standard InChI is InChI=1S/C35H52O6S/c1-23-19-24(20-26(31(23)38)33(2,3)4)11-13-29(36)40-15-17-42-18-16-41-30(37)14-12-25-21-27(34(5,6)7)32(39)28(22-25)35(8,9)10/h19-22,38-39H,11-18H2,1-10H3. The maximum atomic E-state index is 12.4. The van der Waals surface area contributed by atoms with E-state index in [1.165, 1.54) is 0 Å². The normalized spacial score (nSPS) is 12.3. The maximum Gasteiger partial charge on any atom is 0.306 e. The van der Waals surface area contributed by atoms with Crippen molar-refractivity contribution in [2.24, 2.45) is 0 Å². The number of carbonyl (C=O) groups excluding carboxylic acids is 2. The summed E-state index contributed by atoms with van der Waals surface area (Å²) in [5, 5.41) is 21.3. The molecule has 2 rings (SSSR count). The second-order valence-electron chi connectivity index (χ2n) is 14.2. The van der Waals surface area contributed by atoms with Crippen LogP contribution in [0.25, 0.3) is 0 Å². The van der Waals surface area contributed by atoms with Crippen molar-refractivity contribution in [2.45, 2.75) is 111 Å². The van der Waals surface area contributed by atoms with Crippen molar-refractivity contribution in [3.05, 3.63) is 57.6 Å². The van der Waals surface area contributed by atoms with E-state index in [1.54, 1.807) is 11.8 Å². The van der Waals surface area contributed by atoms with Gasteiger partial charge in [0, 0.05) is 24.3 Å². The molecule has 0 atom stereocenters. The molecule has 0 unspecified atom stereocenters. The molecule has 0 saturated carbocycles. The Labute approximate surface area is 257 Å². The summed E-state index contributed by atoms with van der Waals surface area (Å²) < 4.78 is 10.8. The molecule has 0 aliphatic carbocycles. The Morgan fingerprint density at radius 3 is 1.38 bits per heavy atom. The van der Waals surface area contributed by atoms with Crippen molar-refractivity contribution in [3.8, 4) is 11.5 Å². The summed E-state index contributed by atoms with van der Waals surface area (Å²) in [4.78, 5) is 24.6. The molecule has 0 aliphatic heterocycles. The Hall–Kier alpha value is -2.67. The fraction of sp³-hybridized carbons (Fsp3) is 0.600. The predicted molar refractivity (Wildman–Crippen MR) is 173 cm³/mol. The zero-order chi connectivity index (χ0) is 31.9. The molecule has 0 aliphatic rings. The molecular weight excluding hydrogens is 548 g/mol. The lowest BCUT2D eigenvalue weighted by molar-refractivity contribution is -0.143.